The van der Waals surface area contributed by atoms with Crippen molar-refractivity contribution in [2.45, 2.75) is 45.8 Å². The van der Waals surface area contributed by atoms with Crippen molar-refractivity contribution in [1.82, 2.24) is 10.2 Å². The Morgan fingerprint density at radius 3 is 2.59 bits per heavy atom. The number of carbonyl (C=O) groups excluding carboxylic acids is 1. The zero-order chi connectivity index (χ0) is 12.4. The lowest BCUT2D eigenvalue weighted by molar-refractivity contribution is -0.131. The lowest BCUT2D eigenvalue weighted by Gasteiger charge is -2.29. The molecule has 0 aromatic carbocycles. The molecule has 4 nitrogen and oxygen atoms in total. The molecule has 2 unspecified atom stereocenters. The summed E-state index contributed by atoms with van der Waals surface area (Å²) in [5, 5.41) is 3.39. The maximum atomic E-state index is 12.3. The molecule has 2 fully saturated rings. The van der Waals surface area contributed by atoms with Crippen LogP contribution in [-0.4, -0.2) is 42.8 Å². The van der Waals surface area contributed by atoms with Gasteiger partial charge in [0.1, 0.15) is 0 Å². The standard InChI is InChI=1S/C13H24N2O2/c1-9(2)12-13(16)15(10(3)14-12)8-11-4-6-17-7-5-11/h9-12,14H,4-8H2,1-3H3. The van der Waals surface area contributed by atoms with Gasteiger partial charge in [0, 0.05) is 19.8 Å². The molecule has 0 aromatic heterocycles. The Bertz CT molecular complexity index is 275. The number of ether oxygens (including phenoxy) is 1. The summed E-state index contributed by atoms with van der Waals surface area (Å²) in [5.74, 6) is 1.26. The van der Waals surface area contributed by atoms with Crippen molar-refractivity contribution in [2.24, 2.45) is 11.8 Å². The summed E-state index contributed by atoms with van der Waals surface area (Å²) < 4.78 is 5.36. The Morgan fingerprint density at radius 2 is 2.06 bits per heavy atom. The molecule has 2 aliphatic rings. The van der Waals surface area contributed by atoms with Crippen LogP contribution in [0.15, 0.2) is 0 Å². The van der Waals surface area contributed by atoms with Gasteiger partial charge in [0.05, 0.1) is 12.2 Å². The third-order valence-corrected chi connectivity index (χ3v) is 3.90. The van der Waals surface area contributed by atoms with Gasteiger partial charge in [-0.3, -0.25) is 10.1 Å². The van der Waals surface area contributed by atoms with Gasteiger partial charge in [0.2, 0.25) is 5.91 Å². The van der Waals surface area contributed by atoms with E-state index in [9.17, 15) is 4.79 Å². The number of nitrogens with one attached hydrogen (secondary N) is 1. The second-order valence-corrected chi connectivity index (χ2v) is 5.61. The van der Waals surface area contributed by atoms with Crippen molar-refractivity contribution >= 4 is 5.91 Å². The first-order valence-electron chi connectivity index (χ1n) is 6.74. The van der Waals surface area contributed by atoms with E-state index in [1.54, 1.807) is 0 Å². The van der Waals surface area contributed by atoms with Crippen molar-refractivity contribution in [3.8, 4) is 0 Å². The second kappa shape index (κ2) is 5.36. The molecule has 2 heterocycles. The smallest absolute Gasteiger partial charge is 0.241 e. The lowest BCUT2D eigenvalue weighted by Crippen LogP contribution is -2.39. The lowest BCUT2D eigenvalue weighted by atomic mass is 9.99. The summed E-state index contributed by atoms with van der Waals surface area (Å²) in [6.45, 7) is 8.86. The molecule has 1 N–H and O–H groups in total. The van der Waals surface area contributed by atoms with Gasteiger partial charge in [-0.25, -0.2) is 0 Å². The largest absolute Gasteiger partial charge is 0.381 e. The fourth-order valence-electron chi connectivity index (χ4n) is 2.72. The molecule has 2 saturated heterocycles. The van der Waals surface area contributed by atoms with Gasteiger partial charge in [-0.15, -0.1) is 0 Å². The quantitative estimate of drug-likeness (QED) is 0.806. The van der Waals surface area contributed by atoms with Crippen molar-refractivity contribution in [3.05, 3.63) is 0 Å². The number of carbonyl (C=O) groups is 1. The highest BCUT2D eigenvalue weighted by molar-refractivity contribution is 5.84. The van der Waals surface area contributed by atoms with Crippen LogP contribution < -0.4 is 5.32 Å². The maximum absolute atomic E-state index is 12.3. The molecule has 98 valence electrons. The van der Waals surface area contributed by atoms with Crippen LogP contribution in [0.1, 0.15) is 33.6 Å². The number of amides is 1. The number of rotatable bonds is 3. The molecule has 0 aliphatic carbocycles. The van der Waals surface area contributed by atoms with Crippen LogP contribution in [0.3, 0.4) is 0 Å². The third kappa shape index (κ3) is 2.80. The minimum Gasteiger partial charge on any atom is -0.381 e. The minimum atomic E-state index is 0.00448. The molecular formula is C13H24N2O2. The van der Waals surface area contributed by atoms with Gasteiger partial charge in [-0.05, 0) is 31.6 Å². The average molecular weight is 240 g/mol. The molecule has 0 bridgehead atoms. The van der Waals surface area contributed by atoms with Crippen LogP contribution in [0.25, 0.3) is 0 Å². The Balaban J connectivity index is 1.93. The Hall–Kier alpha value is -0.610. The molecule has 2 atom stereocenters. The van der Waals surface area contributed by atoms with Crippen molar-refractivity contribution in [1.29, 1.82) is 0 Å². The fraction of sp³-hybridized carbons (Fsp3) is 0.923. The monoisotopic (exact) mass is 240 g/mol. The fourth-order valence-corrected chi connectivity index (χ4v) is 2.72. The van der Waals surface area contributed by atoms with Crippen LogP contribution in [0.4, 0.5) is 0 Å². The van der Waals surface area contributed by atoms with E-state index < -0.39 is 0 Å². The van der Waals surface area contributed by atoms with Crippen molar-refractivity contribution < 1.29 is 9.53 Å². The summed E-state index contributed by atoms with van der Waals surface area (Å²) in [6.07, 6.45) is 2.35. The van der Waals surface area contributed by atoms with Gasteiger partial charge >= 0.3 is 0 Å². The topological polar surface area (TPSA) is 41.6 Å². The number of nitrogens with zero attached hydrogens (tertiary/aromatic N) is 1. The molecule has 0 spiro atoms. The van der Waals surface area contributed by atoms with E-state index >= 15 is 0 Å². The summed E-state index contributed by atoms with van der Waals surface area (Å²) in [4.78, 5) is 14.3. The average Bonchev–Trinajstić information content (AvgIpc) is 2.58. The van der Waals surface area contributed by atoms with Gasteiger partial charge in [0.15, 0.2) is 0 Å². The molecule has 17 heavy (non-hydrogen) atoms. The van der Waals surface area contributed by atoms with E-state index in [0.29, 0.717) is 11.8 Å². The molecule has 2 aliphatic heterocycles. The third-order valence-electron chi connectivity index (χ3n) is 3.90. The van der Waals surface area contributed by atoms with Crippen LogP contribution in [0.2, 0.25) is 0 Å². The highest BCUT2D eigenvalue weighted by Gasteiger charge is 2.38. The predicted molar refractivity (Wildman–Crippen MR) is 66.5 cm³/mol. The van der Waals surface area contributed by atoms with E-state index in [1.165, 1.54) is 0 Å². The van der Waals surface area contributed by atoms with E-state index in [1.807, 2.05) is 4.90 Å². The Morgan fingerprint density at radius 1 is 1.41 bits per heavy atom. The SMILES string of the molecule is CC(C)C1NC(C)N(CC2CCOCC2)C1=O. The Kier molecular flexibility index (Phi) is 4.05. The highest BCUT2D eigenvalue weighted by Crippen LogP contribution is 2.22. The van der Waals surface area contributed by atoms with Gasteiger partial charge in [-0.2, -0.15) is 0 Å². The van der Waals surface area contributed by atoms with Gasteiger partial charge in [0.25, 0.3) is 0 Å². The van der Waals surface area contributed by atoms with Crippen molar-refractivity contribution in [3.63, 3.8) is 0 Å². The maximum Gasteiger partial charge on any atom is 0.241 e. The number of hydrogen-bond donors (Lipinski definition) is 1. The van der Waals surface area contributed by atoms with E-state index in [2.05, 4.69) is 26.1 Å². The molecule has 0 radical (unpaired) electrons. The highest BCUT2D eigenvalue weighted by atomic mass is 16.5. The zero-order valence-corrected chi connectivity index (χ0v) is 11.1. The first kappa shape index (κ1) is 12.8. The first-order valence-corrected chi connectivity index (χ1v) is 6.74. The molecule has 2 rings (SSSR count). The Labute approximate surface area is 104 Å². The van der Waals surface area contributed by atoms with E-state index in [4.69, 9.17) is 4.74 Å². The summed E-state index contributed by atoms with van der Waals surface area (Å²) in [5.41, 5.74) is 0. The van der Waals surface area contributed by atoms with Crippen LogP contribution in [0.5, 0.6) is 0 Å². The predicted octanol–water partition coefficient (Wildman–Crippen LogP) is 1.22. The van der Waals surface area contributed by atoms with Crippen LogP contribution in [-0.2, 0) is 9.53 Å². The number of hydrogen-bond acceptors (Lipinski definition) is 3. The molecule has 0 saturated carbocycles. The van der Waals surface area contributed by atoms with Crippen molar-refractivity contribution in [2.75, 3.05) is 19.8 Å². The summed E-state index contributed by atoms with van der Waals surface area (Å²) >= 11 is 0. The van der Waals surface area contributed by atoms with Crippen LogP contribution >= 0.6 is 0 Å². The van der Waals surface area contributed by atoms with E-state index in [0.717, 1.165) is 32.6 Å². The zero-order valence-electron chi connectivity index (χ0n) is 11.1. The van der Waals surface area contributed by atoms with E-state index in [-0.39, 0.29) is 18.1 Å². The second-order valence-electron chi connectivity index (χ2n) is 5.61. The minimum absolute atomic E-state index is 0.00448. The van der Waals surface area contributed by atoms with Gasteiger partial charge in [-0.1, -0.05) is 13.8 Å². The first-order chi connectivity index (χ1) is 8.09. The molecule has 0 aromatic rings. The van der Waals surface area contributed by atoms with Gasteiger partial charge < -0.3 is 9.64 Å². The normalized spacial score (nSPS) is 31.5. The van der Waals surface area contributed by atoms with Crippen LogP contribution in [0, 0.1) is 11.8 Å². The molecule has 1 amide bonds. The summed E-state index contributed by atoms with van der Waals surface area (Å²) in [7, 11) is 0. The summed E-state index contributed by atoms with van der Waals surface area (Å²) in [6, 6.07) is 0.00448. The molecule has 4 heteroatoms. The molecular weight excluding hydrogens is 216 g/mol.